The molecule has 0 radical (unpaired) electrons. The highest BCUT2D eigenvalue weighted by Gasteiger charge is 2.40. The van der Waals surface area contributed by atoms with Gasteiger partial charge in [-0.05, 0) is 85.6 Å². The maximum Gasteiger partial charge on any atom is 0.266 e. The van der Waals surface area contributed by atoms with Crippen LogP contribution in [0.4, 0.5) is 5.00 Å². The molecule has 0 spiro atoms. The highest BCUT2D eigenvalue weighted by molar-refractivity contribution is 7.20. The van der Waals surface area contributed by atoms with Gasteiger partial charge in [-0.3, -0.25) is 14.4 Å². The van der Waals surface area contributed by atoms with Crippen molar-refractivity contribution in [3.8, 4) is 16.2 Å². The SMILES string of the molecule is COC(C)Oc1ccc(-c2sc(N3C(=O)c4ccccc4C3=O)c(C(=O)c3ccc(Cl)cc3)c2C)cc1. The van der Waals surface area contributed by atoms with Gasteiger partial charge < -0.3 is 9.47 Å². The summed E-state index contributed by atoms with van der Waals surface area (Å²) in [6.45, 7) is 3.62. The second-order valence-corrected chi connectivity index (χ2v) is 9.94. The number of benzene rings is 3. The van der Waals surface area contributed by atoms with E-state index in [2.05, 4.69) is 0 Å². The van der Waals surface area contributed by atoms with E-state index in [0.29, 0.717) is 43.6 Å². The van der Waals surface area contributed by atoms with Crippen molar-refractivity contribution in [2.75, 3.05) is 12.0 Å². The van der Waals surface area contributed by atoms with Crippen LogP contribution in [0.15, 0.2) is 72.8 Å². The van der Waals surface area contributed by atoms with Crippen molar-refractivity contribution in [1.82, 2.24) is 0 Å². The molecule has 2 heterocycles. The fraction of sp³-hybridized carbons (Fsp3) is 0.138. The zero-order valence-electron chi connectivity index (χ0n) is 20.3. The first-order chi connectivity index (χ1) is 17.8. The summed E-state index contributed by atoms with van der Waals surface area (Å²) in [4.78, 5) is 42.4. The molecule has 3 aromatic carbocycles. The number of ether oxygens (including phenoxy) is 2. The molecule has 37 heavy (non-hydrogen) atoms. The molecule has 0 saturated heterocycles. The van der Waals surface area contributed by atoms with Crippen molar-refractivity contribution in [2.24, 2.45) is 0 Å². The van der Waals surface area contributed by atoms with Crippen LogP contribution in [0, 0.1) is 6.92 Å². The number of nitrogens with zero attached hydrogens (tertiary/aromatic N) is 1. The van der Waals surface area contributed by atoms with Crippen LogP contribution >= 0.6 is 22.9 Å². The number of rotatable bonds is 7. The predicted octanol–water partition coefficient (Wildman–Crippen LogP) is 6.78. The molecule has 0 bridgehead atoms. The molecule has 0 saturated carbocycles. The second kappa shape index (κ2) is 9.94. The number of amides is 2. The Hall–Kier alpha value is -3.78. The van der Waals surface area contributed by atoms with E-state index < -0.39 is 18.1 Å². The molecule has 0 aliphatic carbocycles. The van der Waals surface area contributed by atoms with Gasteiger partial charge in [-0.2, -0.15) is 0 Å². The standard InChI is InChI=1S/C29H22ClNO5S/c1-16-24(25(32)18-8-12-20(30)13-9-18)29(31-27(33)22-6-4-5-7-23(22)28(31)34)37-26(16)19-10-14-21(15-11-19)36-17(2)35-3/h4-15,17H,1-3H3. The maximum absolute atomic E-state index is 13.8. The summed E-state index contributed by atoms with van der Waals surface area (Å²) in [5.74, 6) is -0.561. The monoisotopic (exact) mass is 531 g/mol. The molecule has 1 aliphatic heterocycles. The number of imide groups is 1. The number of anilines is 1. The van der Waals surface area contributed by atoms with Crippen molar-refractivity contribution in [3.05, 3.63) is 106 Å². The second-order valence-electron chi connectivity index (χ2n) is 8.51. The fourth-order valence-electron chi connectivity index (χ4n) is 4.24. The normalized spacial score (nSPS) is 13.6. The topological polar surface area (TPSA) is 72.9 Å². The number of fused-ring (bicyclic) bond motifs is 1. The minimum Gasteiger partial charge on any atom is -0.465 e. The molecule has 1 aliphatic rings. The van der Waals surface area contributed by atoms with Crippen molar-refractivity contribution in [1.29, 1.82) is 0 Å². The number of carbonyl (C=O) groups is 3. The lowest BCUT2D eigenvalue weighted by Crippen LogP contribution is -2.30. The van der Waals surface area contributed by atoms with E-state index in [1.165, 1.54) is 11.3 Å². The lowest BCUT2D eigenvalue weighted by molar-refractivity contribution is -0.0382. The van der Waals surface area contributed by atoms with Crippen LogP contribution in [0.1, 0.15) is 49.1 Å². The molecule has 5 rings (SSSR count). The van der Waals surface area contributed by atoms with Gasteiger partial charge >= 0.3 is 0 Å². The lowest BCUT2D eigenvalue weighted by atomic mass is 9.99. The zero-order valence-corrected chi connectivity index (χ0v) is 21.9. The van der Waals surface area contributed by atoms with Crippen LogP contribution in [0.5, 0.6) is 5.75 Å². The number of carbonyl (C=O) groups excluding carboxylic acids is 3. The van der Waals surface area contributed by atoms with Crippen LogP contribution in [0.2, 0.25) is 5.02 Å². The molecule has 0 N–H and O–H groups in total. The molecular formula is C29H22ClNO5S. The summed E-state index contributed by atoms with van der Waals surface area (Å²) in [6, 6.07) is 20.6. The summed E-state index contributed by atoms with van der Waals surface area (Å²) < 4.78 is 10.8. The summed E-state index contributed by atoms with van der Waals surface area (Å²) in [5, 5.41) is 0.803. The number of ketones is 1. The molecular weight excluding hydrogens is 510 g/mol. The van der Waals surface area contributed by atoms with Gasteiger partial charge in [0, 0.05) is 22.6 Å². The highest BCUT2D eigenvalue weighted by atomic mass is 35.5. The van der Waals surface area contributed by atoms with E-state index in [4.69, 9.17) is 21.1 Å². The Morgan fingerprint density at radius 1 is 0.919 bits per heavy atom. The van der Waals surface area contributed by atoms with E-state index in [9.17, 15) is 14.4 Å². The van der Waals surface area contributed by atoms with E-state index in [-0.39, 0.29) is 5.78 Å². The number of hydrogen-bond donors (Lipinski definition) is 0. The smallest absolute Gasteiger partial charge is 0.266 e. The van der Waals surface area contributed by atoms with Crippen LogP contribution in [0.25, 0.3) is 10.4 Å². The molecule has 1 unspecified atom stereocenters. The molecule has 8 heteroatoms. The van der Waals surface area contributed by atoms with E-state index in [1.54, 1.807) is 62.6 Å². The Morgan fingerprint density at radius 2 is 1.51 bits per heavy atom. The Kier molecular flexibility index (Phi) is 6.69. The number of methoxy groups -OCH3 is 1. The van der Waals surface area contributed by atoms with Gasteiger partial charge in [0.2, 0.25) is 0 Å². The van der Waals surface area contributed by atoms with E-state index in [0.717, 1.165) is 15.3 Å². The minimum atomic E-state index is -0.448. The summed E-state index contributed by atoms with van der Waals surface area (Å²) in [7, 11) is 1.56. The van der Waals surface area contributed by atoms with Gasteiger partial charge in [-0.15, -0.1) is 11.3 Å². The van der Waals surface area contributed by atoms with Crippen molar-refractivity contribution >= 4 is 45.5 Å². The quantitative estimate of drug-likeness (QED) is 0.149. The van der Waals surface area contributed by atoms with Gasteiger partial charge in [0.05, 0.1) is 16.7 Å². The van der Waals surface area contributed by atoms with Crippen LogP contribution < -0.4 is 9.64 Å². The molecule has 1 atom stereocenters. The largest absolute Gasteiger partial charge is 0.465 e. The molecule has 186 valence electrons. The van der Waals surface area contributed by atoms with Gasteiger partial charge in [0.1, 0.15) is 10.8 Å². The average molecular weight is 532 g/mol. The van der Waals surface area contributed by atoms with Crippen molar-refractivity contribution in [2.45, 2.75) is 20.1 Å². The molecule has 6 nitrogen and oxygen atoms in total. The maximum atomic E-state index is 13.8. The Bertz CT molecular complexity index is 1490. The van der Waals surface area contributed by atoms with Gasteiger partial charge in [0.15, 0.2) is 12.1 Å². The first-order valence-corrected chi connectivity index (χ1v) is 12.7. The van der Waals surface area contributed by atoms with Gasteiger partial charge in [0.25, 0.3) is 11.8 Å². The first-order valence-electron chi connectivity index (χ1n) is 11.5. The average Bonchev–Trinajstić information content (AvgIpc) is 3.37. The predicted molar refractivity (Wildman–Crippen MR) is 144 cm³/mol. The number of thiophene rings is 1. The van der Waals surface area contributed by atoms with Crippen molar-refractivity contribution < 1.29 is 23.9 Å². The van der Waals surface area contributed by atoms with E-state index >= 15 is 0 Å². The minimum absolute atomic E-state index is 0.294. The third-order valence-electron chi connectivity index (χ3n) is 6.21. The number of hydrogen-bond acceptors (Lipinski definition) is 6. The van der Waals surface area contributed by atoms with E-state index in [1.807, 2.05) is 31.2 Å². The first kappa shape index (κ1) is 24.9. The third kappa shape index (κ3) is 4.46. The Labute approximate surface area is 223 Å². The van der Waals surface area contributed by atoms with Gasteiger partial charge in [-0.1, -0.05) is 23.7 Å². The Balaban J connectivity index is 1.63. The summed E-state index contributed by atoms with van der Waals surface area (Å²) in [6.07, 6.45) is -0.404. The van der Waals surface area contributed by atoms with Crippen molar-refractivity contribution in [3.63, 3.8) is 0 Å². The highest BCUT2D eigenvalue weighted by Crippen LogP contribution is 2.45. The zero-order chi connectivity index (χ0) is 26.3. The summed E-state index contributed by atoms with van der Waals surface area (Å²) in [5.41, 5.74) is 2.86. The molecule has 4 aromatic rings. The number of halogens is 1. The van der Waals surface area contributed by atoms with Crippen LogP contribution in [0.3, 0.4) is 0 Å². The molecule has 2 amide bonds. The summed E-state index contributed by atoms with van der Waals surface area (Å²) >= 11 is 7.27. The lowest BCUT2D eigenvalue weighted by Gasteiger charge is -2.14. The molecule has 1 aromatic heterocycles. The van der Waals surface area contributed by atoms with Crippen LogP contribution in [-0.4, -0.2) is 31.0 Å². The van der Waals surface area contributed by atoms with Crippen LogP contribution in [-0.2, 0) is 4.74 Å². The molecule has 0 fully saturated rings. The Morgan fingerprint density at radius 3 is 2.08 bits per heavy atom. The van der Waals surface area contributed by atoms with Gasteiger partial charge in [-0.25, -0.2) is 4.90 Å². The third-order valence-corrected chi connectivity index (χ3v) is 7.79. The fourth-order valence-corrected chi connectivity index (χ4v) is 5.68.